The number of ether oxygens (including phenoxy) is 1. The number of halogens is 1. The lowest BCUT2D eigenvalue weighted by Gasteiger charge is -2.29. The Hall–Kier alpha value is -3.58. The Balaban J connectivity index is 1.86. The second kappa shape index (κ2) is 9.73. The van der Waals surface area contributed by atoms with Crippen LogP contribution in [0, 0.1) is 5.92 Å². The van der Waals surface area contributed by atoms with Gasteiger partial charge in [0.05, 0.1) is 12.6 Å². The summed E-state index contributed by atoms with van der Waals surface area (Å²) in [5.41, 5.74) is 2.18. The van der Waals surface area contributed by atoms with E-state index in [1.807, 2.05) is 6.92 Å². The van der Waals surface area contributed by atoms with E-state index in [1.54, 1.807) is 55.5 Å². The van der Waals surface area contributed by atoms with Gasteiger partial charge < -0.3 is 4.74 Å². The molecule has 0 fully saturated rings. The number of esters is 1. The van der Waals surface area contributed by atoms with Crippen LogP contribution in [0.2, 0.25) is 5.15 Å². The number of carbonyl (C=O) groups is 3. The quantitative estimate of drug-likeness (QED) is 0.194. The highest BCUT2D eigenvalue weighted by Crippen LogP contribution is 2.42. The fourth-order valence-corrected chi connectivity index (χ4v) is 4.32. The van der Waals surface area contributed by atoms with E-state index in [9.17, 15) is 14.4 Å². The number of hydrogen-bond acceptors (Lipinski definition) is 6. The number of rotatable bonds is 8. The normalized spacial score (nSPS) is 15.8. The lowest BCUT2D eigenvalue weighted by atomic mass is 9.87. The number of Topliss-reactive ketones (excluding diaryl/α,β-unsaturated/α-hetero) is 1. The van der Waals surface area contributed by atoms with Crippen LogP contribution in [0.3, 0.4) is 0 Å². The van der Waals surface area contributed by atoms with E-state index < -0.39 is 17.9 Å². The maximum atomic E-state index is 13.5. The minimum absolute atomic E-state index is 0.113. The van der Waals surface area contributed by atoms with Crippen molar-refractivity contribution in [1.29, 1.82) is 0 Å². The van der Waals surface area contributed by atoms with Crippen molar-refractivity contribution in [3.8, 4) is 0 Å². The molecule has 3 aromatic rings. The maximum Gasteiger partial charge on any atom is 0.318 e. The molecular formula is C26H24ClN3O4. The number of amides is 1. The summed E-state index contributed by atoms with van der Waals surface area (Å²) in [5.74, 6) is -2.28. The number of carbonyl (C=O) groups excluding carboxylic acids is 3. The minimum atomic E-state index is -1.21. The average molecular weight is 478 g/mol. The molecule has 7 nitrogen and oxygen atoms in total. The zero-order valence-electron chi connectivity index (χ0n) is 19.0. The zero-order valence-corrected chi connectivity index (χ0v) is 19.7. The summed E-state index contributed by atoms with van der Waals surface area (Å²) in [6.45, 7) is 7.47. The van der Waals surface area contributed by atoms with Crippen molar-refractivity contribution >= 4 is 46.1 Å². The van der Waals surface area contributed by atoms with E-state index in [0.29, 0.717) is 23.2 Å². The third kappa shape index (κ3) is 4.43. The predicted molar refractivity (Wildman–Crippen MR) is 130 cm³/mol. The minimum Gasteiger partial charge on any atom is -0.465 e. The standard InChI is InChI=1S/C26H24ClN3O4/c1-4-34-26(33)22(19(31)12-9-15(2)3)23-17-7-5-6-8-18(17)25(32)30(23)21-14-11-16-10-13-20(27)28-24(16)29-21/h5-8,10-11,13-14,22-23H,2,4,9,12H2,1,3H3. The predicted octanol–water partition coefficient (Wildman–Crippen LogP) is 5.09. The molecule has 0 saturated carbocycles. The molecule has 0 bridgehead atoms. The van der Waals surface area contributed by atoms with Gasteiger partial charge in [0.25, 0.3) is 5.91 Å². The summed E-state index contributed by atoms with van der Waals surface area (Å²) in [6.07, 6.45) is 0.551. The average Bonchev–Trinajstić information content (AvgIpc) is 3.10. The molecule has 2 aromatic heterocycles. The van der Waals surface area contributed by atoms with E-state index in [4.69, 9.17) is 16.3 Å². The number of anilines is 1. The number of ketones is 1. The van der Waals surface area contributed by atoms with Crippen LogP contribution in [0.5, 0.6) is 0 Å². The SMILES string of the molecule is C=C(C)CCC(=O)C(C(=O)OCC)C1c2ccccc2C(=O)N1c1ccc2ccc(Cl)nc2n1. The van der Waals surface area contributed by atoms with Crippen molar-refractivity contribution in [3.05, 3.63) is 77.0 Å². The van der Waals surface area contributed by atoms with Crippen molar-refractivity contribution in [1.82, 2.24) is 9.97 Å². The van der Waals surface area contributed by atoms with Gasteiger partial charge in [0.2, 0.25) is 0 Å². The molecule has 4 rings (SSSR count). The molecule has 2 atom stereocenters. The van der Waals surface area contributed by atoms with E-state index in [2.05, 4.69) is 16.5 Å². The summed E-state index contributed by atoms with van der Waals surface area (Å²) in [4.78, 5) is 50.2. The smallest absolute Gasteiger partial charge is 0.318 e. The summed E-state index contributed by atoms with van der Waals surface area (Å²) in [5, 5.41) is 1.01. The second-order valence-electron chi connectivity index (χ2n) is 8.21. The second-order valence-corrected chi connectivity index (χ2v) is 8.60. The lowest BCUT2D eigenvalue weighted by molar-refractivity contribution is -0.152. The van der Waals surface area contributed by atoms with Crippen LogP contribution in [0.15, 0.2) is 60.7 Å². The van der Waals surface area contributed by atoms with Crippen molar-refractivity contribution < 1.29 is 19.1 Å². The van der Waals surface area contributed by atoms with Crippen molar-refractivity contribution in [3.63, 3.8) is 0 Å². The molecule has 34 heavy (non-hydrogen) atoms. The largest absolute Gasteiger partial charge is 0.465 e. The molecule has 0 N–H and O–H groups in total. The highest BCUT2D eigenvalue weighted by molar-refractivity contribution is 6.29. The van der Waals surface area contributed by atoms with Crippen molar-refractivity contribution in [2.75, 3.05) is 11.5 Å². The Morgan fingerprint density at radius 2 is 1.85 bits per heavy atom. The van der Waals surface area contributed by atoms with Gasteiger partial charge in [-0.2, -0.15) is 0 Å². The third-order valence-electron chi connectivity index (χ3n) is 5.76. The summed E-state index contributed by atoms with van der Waals surface area (Å²) >= 11 is 6.05. The van der Waals surface area contributed by atoms with Crippen LogP contribution in [0.4, 0.5) is 5.82 Å². The van der Waals surface area contributed by atoms with Gasteiger partial charge in [-0.3, -0.25) is 19.3 Å². The summed E-state index contributed by atoms with van der Waals surface area (Å²) < 4.78 is 5.29. The number of benzene rings is 1. The van der Waals surface area contributed by atoms with E-state index in [1.165, 1.54) is 4.90 Å². The first-order valence-electron chi connectivity index (χ1n) is 11.0. The summed E-state index contributed by atoms with van der Waals surface area (Å²) in [6, 6.07) is 12.9. The van der Waals surface area contributed by atoms with Crippen molar-refractivity contribution in [2.24, 2.45) is 5.92 Å². The van der Waals surface area contributed by atoms with E-state index in [0.717, 1.165) is 11.0 Å². The third-order valence-corrected chi connectivity index (χ3v) is 5.97. The lowest BCUT2D eigenvalue weighted by Crippen LogP contribution is -2.40. The Morgan fingerprint density at radius 3 is 2.59 bits per heavy atom. The van der Waals surface area contributed by atoms with E-state index >= 15 is 0 Å². The van der Waals surface area contributed by atoms with Crippen LogP contribution < -0.4 is 4.90 Å². The Labute approximate surface area is 202 Å². The van der Waals surface area contributed by atoms with Crippen LogP contribution in [-0.2, 0) is 14.3 Å². The number of nitrogens with zero attached hydrogens (tertiary/aromatic N) is 3. The molecule has 8 heteroatoms. The molecule has 0 aliphatic carbocycles. The monoisotopic (exact) mass is 477 g/mol. The number of allylic oxidation sites excluding steroid dienone is 1. The molecule has 0 saturated heterocycles. The molecule has 0 radical (unpaired) electrons. The fourth-order valence-electron chi connectivity index (χ4n) is 4.18. The van der Waals surface area contributed by atoms with Gasteiger partial charge in [-0.1, -0.05) is 35.4 Å². The zero-order chi connectivity index (χ0) is 24.4. The maximum absolute atomic E-state index is 13.5. The van der Waals surface area contributed by atoms with Crippen LogP contribution in [-0.4, -0.2) is 34.2 Å². The number of aromatic nitrogens is 2. The van der Waals surface area contributed by atoms with Gasteiger partial charge in [-0.25, -0.2) is 9.97 Å². The molecule has 1 aliphatic rings. The first kappa shape index (κ1) is 23.6. The van der Waals surface area contributed by atoms with Crippen LogP contribution in [0.1, 0.15) is 48.7 Å². The molecule has 174 valence electrons. The van der Waals surface area contributed by atoms with E-state index in [-0.39, 0.29) is 35.7 Å². The molecule has 1 amide bonds. The van der Waals surface area contributed by atoms with Gasteiger partial charge in [0.1, 0.15) is 22.7 Å². The highest BCUT2D eigenvalue weighted by atomic mass is 35.5. The van der Waals surface area contributed by atoms with Gasteiger partial charge in [0, 0.05) is 17.4 Å². The van der Waals surface area contributed by atoms with Gasteiger partial charge in [-0.05, 0) is 56.2 Å². The summed E-state index contributed by atoms with van der Waals surface area (Å²) in [7, 11) is 0. The topological polar surface area (TPSA) is 89.5 Å². The Morgan fingerprint density at radius 1 is 1.12 bits per heavy atom. The molecule has 2 unspecified atom stereocenters. The number of hydrogen-bond donors (Lipinski definition) is 0. The molecular weight excluding hydrogens is 454 g/mol. The van der Waals surface area contributed by atoms with Crippen molar-refractivity contribution in [2.45, 2.75) is 32.7 Å². The first-order chi connectivity index (χ1) is 16.3. The Bertz CT molecular complexity index is 1310. The number of pyridine rings is 2. The van der Waals surface area contributed by atoms with Crippen LogP contribution >= 0.6 is 11.6 Å². The molecule has 1 aromatic carbocycles. The van der Waals surface area contributed by atoms with Gasteiger partial charge >= 0.3 is 5.97 Å². The van der Waals surface area contributed by atoms with Crippen LogP contribution in [0.25, 0.3) is 11.0 Å². The van der Waals surface area contributed by atoms with Gasteiger partial charge in [0.15, 0.2) is 5.65 Å². The fraction of sp³-hybridized carbons (Fsp3) is 0.269. The molecule has 1 aliphatic heterocycles. The highest BCUT2D eigenvalue weighted by Gasteiger charge is 2.48. The first-order valence-corrected chi connectivity index (χ1v) is 11.4. The molecule has 3 heterocycles. The molecule has 0 spiro atoms. The van der Waals surface area contributed by atoms with Gasteiger partial charge in [-0.15, -0.1) is 6.58 Å². The number of fused-ring (bicyclic) bond motifs is 2. The Kier molecular flexibility index (Phi) is 6.75.